The molecule has 0 saturated carbocycles. The summed E-state index contributed by atoms with van der Waals surface area (Å²) in [6, 6.07) is 20.5. The van der Waals surface area contributed by atoms with Gasteiger partial charge in [-0.25, -0.2) is 0 Å². The minimum atomic E-state index is 0.149. The van der Waals surface area contributed by atoms with Crippen molar-refractivity contribution in [3.63, 3.8) is 0 Å². The van der Waals surface area contributed by atoms with Crippen molar-refractivity contribution in [1.82, 2.24) is 5.32 Å². The molecule has 136 valence electrons. The van der Waals surface area contributed by atoms with Crippen LogP contribution in [0.5, 0.6) is 0 Å². The minimum absolute atomic E-state index is 0.149. The van der Waals surface area contributed by atoms with Crippen LogP contribution in [0.3, 0.4) is 0 Å². The quantitative estimate of drug-likeness (QED) is 0.635. The summed E-state index contributed by atoms with van der Waals surface area (Å²) in [5.41, 5.74) is 2.40. The number of amides is 1. The van der Waals surface area contributed by atoms with E-state index in [1.165, 1.54) is 10.5 Å². The average molecular weight is 351 g/mol. The second-order valence-electron chi connectivity index (χ2n) is 6.96. The van der Waals surface area contributed by atoms with E-state index in [9.17, 15) is 4.79 Å². The number of benzene rings is 2. The van der Waals surface area contributed by atoms with Crippen LogP contribution in [0, 0.1) is 0 Å². The number of nitrogens with one attached hydrogen (secondary N) is 3. The Labute approximate surface area is 156 Å². The van der Waals surface area contributed by atoms with E-state index in [4.69, 9.17) is 0 Å². The largest absolute Gasteiger partial charge is 0.347 e. The van der Waals surface area contributed by atoms with E-state index < -0.39 is 0 Å². The van der Waals surface area contributed by atoms with E-state index >= 15 is 0 Å². The molecule has 1 saturated heterocycles. The number of quaternary nitrogens is 2. The molecular weight excluding hydrogens is 322 g/mol. The Morgan fingerprint density at radius 2 is 1.50 bits per heavy atom. The summed E-state index contributed by atoms with van der Waals surface area (Å²) in [5.74, 6) is 0.149. The van der Waals surface area contributed by atoms with Gasteiger partial charge in [0.25, 0.3) is 5.91 Å². The van der Waals surface area contributed by atoms with Crippen LogP contribution >= 0.6 is 0 Å². The number of carbonyl (C=O) groups excluding carboxylic acids is 1. The van der Waals surface area contributed by atoms with Gasteiger partial charge in [-0.2, -0.15) is 0 Å². The van der Waals surface area contributed by atoms with Crippen LogP contribution in [0.1, 0.15) is 11.1 Å². The van der Waals surface area contributed by atoms with E-state index in [0.717, 1.165) is 38.3 Å². The lowest BCUT2D eigenvalue weighted by Gasteiger charge is -2.28. The summed E-state index contributed by atoms with van der Waals surface area (Å²) in [4.78, 5) is 15.1. The maximum atomic E-state index is 12.1. The molecule has 0 aliphatic carbocycles. The molecule has 0 bridgehead atoms. The van der Waals surface area contributed by atoms with Gasteiger partial charge in [-0.05, 0) is 17.2 Å². The van der Waals surface area contributed by atoms with Gasteiger partial charge in [0.15, 0.2) is 6.54 Å². The molecule has 1 aliphatic heterocycles. The first kappa shape index (κ1) is 18.4. The van der Waals surface area contributed by atoms with Crippen LogP contribution in [-0.4, -0.2) is 45.2 Å². The maximum absolute atomic E-state index is 12.1. The molecule has 4 heteroatoms. The fraction of sp³-hybridized carbons (Fsp3) is 0.318. The minimum Gasteiger partial charge on any atom is -0.347 e. The molecule has 0 atom stereocenters. The molecule has 0 radical (unpaired) electrons. The molecule has 0 aromatic heterocycles. The van der Waals surface area contributed by atoms with Gasteiger partial charge >= 0.3 is 0 Å². The molecule has 1 heterocycles. The topological polar surface area (TPSA) is 38.0 Å². The lowest BCUT2D eigenvalue weighted by molar-refractivity contribution is -1.01. The van der Waals surface area contributed by atoms with Gasteiger partial charge in [0.05, 0.1) is 6.54 Å². The summed E-state index contributed by atoms with van der Waals surface area (Å²) >= 11 is 0. The van der Waals surface area contributed by atoms with E-state index in [-0.39, 0.29) is 5.91 Å². The Bertz CT molecular complexity index is 692. The van der Waals surface area contributed by atoms with Crippen molar-refractivity contribution in [1.29, 1.82) is 0 Å². The molecule has 1 fully saturated rings. The molecule has 3 rings (SSSR count). The molecule has 0 unspecified atom stereocenters. The second-order valence-corrected chi connectivity index (χ2v) is 6.96. The summed E-state index contributed by atoms with van der Waals surface area (Å²) in [6.07, 6.45) is 4.46. The summed E-state index contributed by atoms with van der Waals surface area (Å²) in [6.45, 7) is 6.64. The Kier molecular flexibility index (Phi) is 6.99. The molecule has 26 heavy (non-hydrogen) atoms. The highest BCUT2D eigenvalue weighted by molar-refractivity contribution is 5.76. The third-order valence-corrected chi connectivity index (χ3v) is 4.92. The number of rotatable bonds is 7. The van der Waals surface area contributed by atoms with E-state index in [2.05, 4.69) is 41.7 Å². The predicted octanol–water partition coefficient (Wildman–Crippen LogP) is -0.200. The monoisotopic (exact) mass is 351 g/mol. The van der Waals surface area contributed by atoms with Crippen LogP contribution < -0.4 is 15.1 Å². The third-order valence-electron chi connectivity index (χ3n) is 4.92. The van der Waals surface area contributed by atoms with Crippen molar-refractivity contribution in [3.8, 4) is 0 Å². The van der Waals surface area contributed by atoms with Crippen LogP contribution in [0.2, 0.25) is 0 Å². The normalized spacial score (nSPS) is 20.2. The zero-order valence-corrected chi connectivity index (χ0v) is 15.3. The molecule has 0 spiro atoms. The first-order chi connectivity index (χ1) is 12.8. The van der Waals surface area contributed by atoms with Crippen LogP contribution in [0.4, 0.5) is 0 Å². The van der Waals surface area contributed by atoms with Gasteiger partial charge in [0.2, 0.25) is 0 Å². The predicted molar refractivity (Wildman–Crippen MR) is 105 cm³/mol. The van der Waals surface area contributed by atoms with E-state index in [1.54, 1.807) is 4.90 Å². The Morgan fingerprint density at radius 1 is 0.885 bits per heavy atom. The second kappa shape index (κ2) is 9.90. The average Bonchev–Trinajstić information content (AvgIpc) is 2.69. The maximum Gasteiger partial charge on any atom is 0.275 e. The molecule has 1 amide bonds. The molecule has 2 aromatic carbocycles. The standard InChI is InChI=1S/C22H27N3O/c26-22(23-18-21-10-5-2-6-11-21)19-25-16-14-24(15-17-25)13-7-12-20-8-3-1-4-9-20/h1-12H,13-19H2,(H,23,26)/p+2/b12-7+. The highest BCUT2D eigenvalue weighted by atomic mass is 16.2. The van der Waals surface area contributed by atoms with Crippen LogP contribution in [-0.2, 0) is 11.3 Å². The molecular formula is C22H29N3O+2. The number of hydrogen-bond donors (Lipinski definition) is 3. The fourth-order valence-corrected chi connectivity index (χ4v) is 3.35. The Hall–Kier alpha value is -2.43. The zero-order valence-electron chi connectivity index (χ0n) is 15.3. The molecule has 3 N–H and O–H groups in total. The van der Waals surface area contributed by atoms with Crippen LogP contribution in [0.25, 0.3) is 6.08 Å². The van der Waals surface area contributed by atoms with Gasteiger partial charge < -0.3 is 15.1 Å². The van der Waals surface area contributed by atoms with Gasteiger partial charge in [0, 0.05) is 6.54 Å². The summed E-state index contributed by atoms with van der Waals surface area (Å²) < 4.78 is 0. The van der Waals surface area contributed by atoms with Crippen molar-refractivity contribution in [3.05, 3.63) is 77.9 Å². The fourth-order valence-electron chi connectivity index (χ4n) is 3.35. The summed E-state index contributed by atoms with van der Waals surface area (Å²) in [5, 5.41) is 3.03. The van der Waals surface area contributed by atoms with Crippen molar-refractivity contribution < 1.29 is 14.6 Å². The van der Waals surface area contributed by atoms with E-state index in [1.807, 2.05) is 36.4 Å². The lowest BCUT2D eigenvalue weighted by atomic mass is 10.2. The first-order valence-electron chi connectivity index (χ1n) is 9.49. The molecule has 2 aromatic rings. The van der Waals surface area contributed by atoms with Gasteiger partial charge in [0.1, 0.15) is 26.2 Å². The van der Waals surface area contributed by atoms with Crippen molar-refractivity contribution >= 4 is 12.0 Å². The smallest absolute Gasteiger partial charge is 0.275 e. The third kappa shape index (κ3) is 6.14. The number of carbonyl (C=O) groups is 1. The Balaban J connectivity index is 1.33. The van der Waals surface area contributed by atoms with Crippen molar-refractivity contribution in [2.45, 2.75) is 6.54 Å². The molecule has 1 aliphatic rings. The zero-order chi connectivity index (χ0) is 18.0. The number of piperazine rings is 1. The summed E-state index contributed by atoms with van der Waals surface area (Å²) in [7, 11) is 0. The van der Waals surface area contributed by atoms with Gasteiger partial charge in [-0.3, -0.25) is 4.79 Å². The highest BCUT2D eigenvalue weighted by Crippen LogP contribution is 1.99. The Morgan fingerprint density at radius 3 is 2.19 bits per heavy atom. The van der Waals surface area contributed by atoms with Gasteiger partial charge in [-0.1, -0.05) is 66.7 Å². The number of hydrogen-bond acceptors (Lipinski definition) is 1. The van der Waals surface area contributed by atoms with Gasteiger partial charge in [-0.15, -0.1) is 0 Å². The van der Waals surface area contributed by atoms with Crippen molar-refractivity contribution in [2.75, 3.05) is 39.3 Å². The SMILES string of the molecule is O=C(C[NH+]1CC[NH+](C/C=C/c2ccccc2)CC1)NCc1ccccc1. The lowest BCUT2D eigenvalue weighted by Crippen LogP contribution is -3.28. The molecule has 4 nitrogen and oxygen atoms in total. The van der Waals surface area contributed by atoms with Crippen LogP contribution in [0.15, 0.2) is 66.7 Å². The van der Waals surface area contributed by atoms with E-state index in [0.29, 0.717) is 13.1 Å². The highest BCUT2D eigenvalue weighted by Gasteiger charge is 2.23. The first-order valence-corrected chi connectivity index (χ1v) is 9.49. The van der Waals surface area contributed by atoms with Crippen molar-refractivity contribution in [2.24, 2.45) is 0 Å².